The number of aromatic hydroxyl groups is 1. The number of hydrogen-bond acceptors (Lipinski definition) is 3. The second kappa shape index (κ2) is 3.63. The summed E-state index contributed by atoms with van der Waals surface area (Å²) in [6, 6.07) is 7.19. The lowest BCUT2D eigenvalue weighted by molar-refractivity contribution is 0.386. The van der Waals surface area contributed by atoms with E-state index in [1.54, 1.807) is 12.1 Å². The molecule has 0 amide bonds. The third-order valence-electron chi connectivity index (χ3n) is 2.74. The molecule has 3 nitrogen and oxygen atoms in total. The SMILES string of the molecule is Oc1ccc(Br)cc1-c1cc(C2CC2)on1. The van der Waals surface area contributed by atoms with E-state index in [1.807, 2.05) is 12.1 Å². The highest BCUT2D eigenvalue weighted by Gasteiger charge is 2.28. The van der Waals surface area contributed by atoms with Crippen molar-refractivity contribution in [3.8, 4) is 17.0 Å². The highest BCUT2D eigenvalue weighted by atomic mass is 79.9. The van der Waals surface area contributed by atoms with Gasteiger partial charge in [-0.25, -0.2) is 0 Å². The van der Waals surface area contributed by atoms with Gasteiger partial charge in [0, 0.05) is 22.0 Å². The molecule has 1 N–H and O–H groups in total. The van der Waals surface area contributed by atoms with Crippen molar-refractivity contribution in [3.63, 3.8) is 0 Å². The molecular formula is C12H10BrNO2. The van der Waals surface area contributed by atoms with Crippen LogP contribution in [0.3, 0.4) is 0 Å². The number of aromatic nitrogens is 1. The Morgan fingerprint density at radius 3 is 2.88 bits per heavy atom. The molecule has 0 radical (unpaired) electrons. The van der Waals surface area contributed by atoms with Crippen molar-refractivity contribution in [2.75, 3.05) is 0 Å². The van der Waals surface area contributed by atoms with Gasteiger partial charge in [0.2, 0.25) is 0 Å². The van der Waals surface area contributed by atoms with E-state index in [0.717, 1.165) is 10.2 Å². The smallest absolute Gasteiger partial charge is 0.140 e. The zero-order valence-electron chi connectivity index (χ0n) is 8.48. The monoisotopic (exact) mass is 279 g/mol. The number of nitrogens with zero attached hydrogens (tertiary/aromatic N) is 1. The van der Waals surface area contributed by atoms with E-state index < -0.39 is 0 Å². The van der Waals surface area contributed by atoms with Crippen LogP contribution in [0.25, 0.3) is 11.3 Å². The van der Waals surface area contributed by atoms with Crippen molar-refractivity contribution in [1.82, 2.24) is 5.16 Å². The summed E-state index contributed by atoms with van der Waals surface area (Å²) in [5.41, 5.74) is 1.39. The van der Waals surface area contributed by atoms with Gasteiger partial charge < -0.3 is 9.63 Å². The minimum absolute atomic E-state index is 0.221. The van der Waals surface area contributed by atoms with Crippen LogP contribution in [-0.4, -0.2) is 10.3 Å². The Kier molecular flexibility index (Phi) is 2.24. The van der Waals surface area contributed by atoms with E-state index >= 15 is 0 Å². The second-order valence-electron chi connectivity index (χ2n) is 4.05. The molecule has 0 saturated heterocycles. The number of halogens is 1. The molecule has 0 atom stereocenters. The molecule has 2 aromatic rings. The van der Waals surface area contributed by atoms with Gasteiger partial charge in [0.1, 0.15) is 17.2 Å². The summed E-state index contributed by atoms with van der Waals surface area (Å²) in [4.78, 5) is 0. The van der Waals surface area contributed by atoms with Gasteiger partial charge in [-0.2, -0.15) is 0 Å². The molecule has 1 aliphatic carbocycles. The first-order valence-electron chi connectivity index (χ1n) is 5.19. The lowest BCUT2D eigenvalue weighted by atomic mass is 10.1. The predicted octanol–water partition coefficient (Wildman–Crippen LogP) is 3.69. The zero-order valence-corrected chi connectivity index (χ0v) is 10.1. The van der Waals surface area contributed by atoms with Crippen LogP contribution < -0.4 is 0 Å². The third-order valence-corrected chi connectivity index (χ3v) is 3.24. The van der Waals surface area contributed by atoms with Crippen molar-refractivity contribution in [1.29, 1.82) is 0 Å². The summed E-state index contributed by atoms with van der Waals surface area (Å²) in [6.45, 7) is 0. The van der Waals surface area contributed by atoms with Crippen LogP contribution >= 0.6 is 15.9 Å². The van der Waals surface area contributed by atoms with Crippen LogP contribution in [0.1, 0.15) is 24.5 Å². The molecule has 0 bridgehead atoms. The largest absolute Gasteiger partial charge is 0.507 e. The Morgan fingerprint density at radius 1 is 1.31 bits per heavy atom. The highest BCUT2D eigenvalue weighted by molar-refractivity contribution is 9.10. The number of phenolic OH excluding ortho intramolecular Hbond substituents is 1. The molecule has 1 heterocycles. The summed E-state index contributed by atoms with van der Waals surface area (Å²) >= 11 is 3.37. The lowest BCUT2D eigenvalue weighted by Crippen LogP contribution is -1.78. The number of hydrogen-bond donors (Lipinski definition) is 1. The van der Waals surface area contributed by atoms with Crippen LogP contribution in [-0.2, 0) is 0 Å². The molecule has 1 aliphatic rings. The van der Waals surface area contributed by atoms with Gasteiger partial charge in [-0.1, -0.05) is 21.1 Å². The van der Waals surface area contributed by atoms with Crippen LogP contribution in [0.15, 0.2) is 33.3 Å². The number of phenols is 1. The number of benzene rings is 1. The Labute approximate surface area is 101 Å². The quantitative estimate of drug-likeness (QED) is 0.912. The first kappa shape index (κ1) is 9.90. The molecule has 4 heteroatoms. The van der Waals surface area contributed by atoms with E-state index in [2.05, 4.69) is 21.1 Å². The van der Waals surface area contributed by atoms with Gasteiger partial charge in [0.15, 0.2) is 0 Å². The molecule has 1 aromatic carbocycles. The predicted molar refractivity (Wildman–Crippen MR) is 63.3 cm³/mol. The van der Waals surface area contributed by atoms with Crippen LogP contribution in [0.5, 0.6) is 5.75 Å². The summed E-state index contributed by atoms with van der Waals surface area (Å²) in [5, 5.41) is 13.7. The average Bonchev–Trinajstić information content (AvgIpc) is 3.01. The van der Waals surface area contributed by atoms with Crippen molar-refractivity contribution in [2.45, 2.75) is 18.8 Å². The Bertz CT molecular complexity index is 532. The molecule has 1 aromatic heterocycles. The van der Waals surface area contributed by atoms with Crippen LogP contribution in [0.4, 0.5) is 0 Å². The summed E-state index contributed by atoms with van der Waals surface area (Å²) in [7, 11) is 0. The van der Waals surface area contributed by atoms with Gasteiger partial charge in [-0.3, -0.25) is 0 Å². The first-order chi connectivity index (χ1) is 7.74. The van der Waals surface area contributed by atoms with Crippen molar-refractivity contribution >= 4 is 15.9 Å². The fraction of sp³-hybridized carbons (Fsp3) is 0.250. The molecule has 0 aliphatic heterocycles. The second-order valence-corrected chi connectivity index (χ2v) is 4.97. The zero-order chi connectivity index (χ0) is 11.1. The Morgan fingerprint density at radius 2 is 2.12 bits per heavy atom. The standard InChI is InChI=1S/C12H10BrNO2/c13-8-3-4-11(15)9(5-8)10-6-12(16-14-10)7-1-2-7/h3-7,15H,1-2H2. The summed E-state index contributed by atoms with van der Waals surface area (Å²) in [6.07, 6.45) is 2.36. The van der Waals surface area contributed by atoms with Gasteiger partial charge in [-0.15, -0.1) is 0 Å². The van der Waals surface area contributed by atoms with Gasteiger partial charge in [0.25, 0.3) is 0 Å². The highest BCUT2D eigenvalue weighted by Crippen LogP contribution is 2.42. The fourth-order valence-corrected chi connectivity index (χ4v) is 2.05. The Hall–Kier alpha value is -1.29. The molecular weight excluding hydrogens is 270 g/mol. The first-order valence-corrected chi connectivity index (χ1v) is 5.99. The van der Waals surface area contributed by atoms with Gasteiger partial charge >= 0.3 is 0 Å². The fourth-order valence-electron chi connectivity index (χ4n) is 1.69. The molecule has 1 saturated carbocycles. The molecule has 0 unspecified atom stereocenters. The van der Waals surface area contributed by atoms with E-state index in [9.17, 15) is 5.11 Å². The minimum Gasteiger partial charge on any atom is -0.507 e. The molecule has 3 rings (SSSR count). The maximum Gasteiger partial charge on any atom is 0.140 e. The van der Waals surface area contributed by atoms with Crippen molar-refractivity contribution in [2.24, 2.45) is 0 Å². The molecule has 0 spiro atoms. The van der Waals surface area contributed by atoms with Crippen LogP contribution in [0, 0.1) is 0 Å². The van der Waals surface area contributed by atoms with Gasteiger partial charge in [-0.05, 0) is 31.0 Å². The Balaban J connectivity index is 2.03. The minimum atomic E-state index is 0.221. The third kappa shape index (κ3) is 1.73. The van der Waals surface area contributed by atoms with E-state index in [4.69, 9.17) is 4.52 Å². The number of rotatable bonds is 2. The topological polar surface area (TPSA) is 46.3 Å². The molecule has 1 fully saturated rings. The maximum absolute atomic E-state index is 9.75. The summed E-state index contributed by atoms with van der Waals surface area (Å²) < 4.78 is 6.17. The maximum atomic E-state index is 9.75. The van der Waals surface area contributed by atoms with E-state index in [0.29, 0.717) is 17.2 Å². The molecule has 16 heavy (non-hydrogen) atoms. The van der Waals surface area contributed by atoms with Crippen molar-refractivity contribution < 1.29 is 9.63 Å². The van der Waals surface area contributed by atoms with Crippen molar-refractivity contribution in [3.05, 3.63) is 34.5 Å². The molecule has 82 valence electrons. The van der Waals surface area contributed by atoms with E-state index in [-0.39, 0.29) is 5.75 Å². The summed E-state index contributed by atoms with van der Waals surface area (Å²) in [5.74, 6) is 1.68. The average molecular weight is 280 g/mol. The lowest BCUT2D eigenvalue weighted by Gasteiger charge is -2.00. The van der Waals surface area contributed by atoms with Crippen LogP contribution in [0.2, 0.25) is 0 Å². The normalized spacial score (nSPS) is 15.3. The van der Waals surface area contributed by atoms with Gasteiger partial charge in [0.05, 0.1) is 0 Å². The van der Waals surface area contributed by atoms with E-state index in [1.165, 1.54) is 12.8 Å².